The molecule has 294 valence electrons. The van der Waals surface area contributed by atoms with Gasteiger partial charge in [-0.2, -0.15) is 4.31 Å². The van der Waals surface area contributed by atoms with E-state index in [0.717, 1.165) is 29.3 Å². The number of rotatable bonds is 20. The maximum atomic E-state index is 12.6. The molecule has 3 heterocycles. The summed E-state index contributed by atoms with van der Waals surface area (Å²) >= 11 is 0.845. The van der Waals surface area contributed by atoms with Crippen molar-refractivity contribution < 1.29 is 84.7 Å². The molecule has 0 aromatic carbocycles. The molecule has 0 aliphatic carbocycles. The molecule has 0 radical (unpaired) electrons. The lowest BCUT2D eigenvalue weighted by molar-refractivity contribution is -0.137. The topological polar surface area (TPSA) is 373 Å². The first-order chi connectivity index (χ1) is 24.0. The molecule has 1 saturated heterocycles. The molecule has 3 rings (SSSR count). The number of nitrogens with one attached hydrogen (secondary N) is 2. The number of nitrogens with zero attached hydrogens (tertiary/aromatic N) is 4. The molecular weight excluding hydrogens is 787 g/mol. The quantitative estimate of drug-likeness (QED) is 0.0422. The van der Waals surface area contributed by atoms with Crippen molar-refractivity contribution in [3.05, 3.63) is 12.7 Å². The Morgan fingerprint density at radius 2 is 1.75 bits per heavy atom. The van der Waals surface area contributed by atoms with Crippen LogP contribution in [0.4, 0.5) is 5.82 Å². The van der Waals surface area contributed by atoms with Crippen LogP contribution in [0.2, 0.25) is 0 Å². The highest BCUT2D eigenvalue weighted by molar-refractivity contribution is 7.95. The number of nitrogens with two attached hydrogens (primary N) is 1. The first kappa shape index (κ1) is 43.8. The second-order valence-electron chi connectivity index (χ2n) is 11.5. The molecule has 0 saturated carbocycles. The van der Waals surface area contributed by atoms with Crippen LogP contribution in [0.1, 0.15) is 33.4 Å². The summed E-state index contributed by atoms with van der Waals surface area (Å²) < 4.78 is 66.5. The molecule has 0 bridgehead atoms. The van der Waals surface area contributed by atoms with Crippen molar-refractivity contribution in [1.29, 1.82) is 0 Å². The summed E-state index contributed by atoms with van der Waals surface area (Å²) in [5.41, 5.74) is 4.25. The fourth-order valence-electron chi connectivity index (χ4n) is 4.30. The van der Waals surface area contributed by atoms with Gasteiger partial charge in [-0.25, -0.2) is 28.6 Å². The second-order valence-corrected chi connectivity index (χ2v) is 16.5. The van der Waals surface area contributed by atoms with Crippen LogP contribution in [0.3, 0.4) is 0 Å². The van der Waals surface area contributed by atoms with Crippen molar-refractivity contribution in [2.45, 2.75) is 57.8 Å². The minimum absolute atomic E-state index is 0.0285. The number of aliphatic hydroxyl groups excluding tert-OH is 2. The highest BCUT2D eigenvalue weighted by atomic mass is 32.2. The van der Waals surface area contributed by atoms with E-state index >= 15 is 0 Å². The van der Waals surface area contributed by atoms with E-state index in [9.17, 15) is 57.9 Å². The minimum atomic E-state index is -5.56. The largest absolute Gasteiger partial charge is 0.481 e. The molecule has 10 N–H and O–H groups in total. The van der Waals surface area contributed by atoms with Gasteiger partial charge in [0, 0.05) is 37.6 Å². The van der Waals surface area contributed by atoms with Gasteiger partial charge in [0.25, 0.3) is 0 Å². The summed E-state index contributed by atoms with van der Waals surface area (Å²) in [5.74, 6) is -1.70. The standard InChI is InChI=1S/C23H38N7O18P3S/c1-12(31)47-52-7-6-25-14(32)4-5-26-21(35)18(34)23(2,3)9-44-51(41,42)48-50(39,40)43-8-13-17(46-49(36,37)38)16(33)22(45-13)30-11-29-15-19(24)27-10-28-20(15)30/h10-11,13,16-18,22,33-34H,4-9H2,1-3H3,(H,25,32)(H,26,35)(H,39,40)(H,41,42)(H2,24,27,28)(H2,36,37,38)/t13-,16-,17-,18?,22-/m1/s1. The van der Waals surface area contributed by atoms with Gasteiger partial charge in [-0.3, -0.25) is 32.5 Å². The number of nitrogen functional groups attached to an aromatic ring is 1. The van der Waals surface area contributed by atoms with E-state index in [-0.39, 0.29) is 42.2 Å². The summed E-state index contributed by atoms with van der Waals surface area (Å²) in [7, 11) is -16.4. The third-order valence-corrected chi connectivity index (χ3v) is 10.6. The minimum Gasteiger partial charge on any atom is -0.391 e. The Bertz CT molecular complexity index is 1730. The number of ether oxygens (including phenoxy) is 1. The van der Waals surface area contributed by atoms with Crippen LogP contribution in [-0.4, -0.2) is 124 Å². The van der Waals surface area contributed by atoms with Crippen molar-refractivity contribution in [2.75, 3.05) is 37.8 Å². The zero-order chi connectivity index (χ0) is 39.1. The van der Waals surface area contributed by atoms with Gasteiger partial charge in [-0.1, -0.05) is 13.8 Å². The molecule has 2 aromatic heterocycles. The van der Waals surface area contributed by atoms with E-state index < -0.39 is 90.5 Å². The number of imidazole rings is 1. The van der Waals surface area contributed by atoms with Crippen LogP contribution in [-0.2, 0) is 54.9 Å². The van der Waals surface area contributed by atoms with Crippen LogP contribution < -0.4 is 16.4 Å². The fourth-order valence-corrected chi connectivity index (χ4v) is 7.56. The number of amides is 2. The summed E-state index contributed by atoms with van der Waals surface area (Å²) in [6.45, 7) is 1.65. The number of carbonyl (C=O) groups is 3. The molecule has 25 nitrogen and oxygen atoms in total. The van der Waals surface area contributed by atoms with Crippen LogP contribution in [0.15, 0.2) is 12.7 Å². The van der Waals surface area contributed by atoms with Gasteiger partial charge in [0.2, 0.25) is 11.8 Å². The molecule has 0 spiro atoms. The lowest BCUT2D eigenvalue weighted by atomic mass is 9.87. The van der Waals surface area contributed by atoms with Gasteiger partial charge in [-0.15, -0.1) is 0 Å². The number of fused-ring (bicyclic) bond motifs is 1. The molecule has 7 atom stereocenters. The molecule has 29 heteroatoms. The highest BCUT2D eigenvalue weighted by Gasteiger charge is 2.50. The van der Waals surface area contributed by atoms with Crippen LogP contribution in [0.5, 0.6) is 0 Å². The lowest BCUT2D eigenvalue weighted by Crippen LogP contribution is -2.46. The van der Waals surface area contributed by atoms with Crippen molar-refractivity contribution in [1.82, 2.24) is 30.2 Å². The predicted octanol–water partition coefficient (Wildman–Crippen LogP) is -1.38. The number of aliphatic hydroxyl groups is 2. The van der Waals surface area contributed by atoms with Crippen molar-refractivity contribution in [3.63, 3.8) is 0 Å². The first-order valence-corrected chi connectivity index (χ1v) is 20.1. The summed E-state index contributed by atoms with van der Waals surface area (Å²) in [5, 5.41) is 26.2. The van der Waals surface area contributed by atoms with Crippen molar-refractivity contribution >= 4 is 70.3 Å². The van der Waals surface area contributed by atoms with E-state index in [2.05, 4.69) is 38.6 Å². The number of hydrogen-bond donors (Lipinski definition) is 9. The first-order valence-electron chi connectivity index (χ1n) is 14.7. The number of anilines is 1. The number of hydrogen-bond acceptors (Lipinski definition) is 19. The van der Waals surface area contributed by atoms with Gasteiger partial charge in [0.1, 0.15) is 36.3 Å². The van der Waals surface area contributed by atoms with Crippen LogP contribution in [0, 0.1) is 5.41 Å². The number of aromatic nitrogens is 4. The smallest absolute Gasteiger partial charge is 0.391 e. The SMILES string of the molecule is CC(=O)OSCCNC(=O)CCNC(=O)C(O)C(C)(C)COP(=O)(O)OP(=O)(O)OC[C@H]1O[C@@H](n2cnc3c(N)ncnc32)[C@H](O)[C@@H]1OP(=O)(O)O. The summed E-state index contributed by atoms with van der Waals surface area (Å²) in [4.78, 5) is 85.8. The lowest BCUT2D eigenvalue weighted by Gasteiger charge is -2.30. The summed E-state index contributed by atoms with van der Waals surface area (Å²) in [6, 6.07) is 0. The van der Waals surface area contributed by atoms with E-state index in [1.54, 1.807) is 0 Å². The summed E-state index contributed by atoms with van der Waals surface area (Å²) in [6.07, 6.45) is -6.93. The third-order valence-electron chi connectivity index (χ3n) is 6.76. The molecule has 1 aliphatic rings. The Balaban J connectivity index is 1.53. The second kappa shape index (κ2) is 18.1. The Labute approximate surface area is 298 Å². The van der Waals surface area contributed by atoms with Crippen LogP contribution >= 0.6 is 35.5 Å². The average Bonchev–Trinajstić information content (AvgIpc) is 3.58. The zero-order valence-corrected chi connectivity index (χ0v) is 31.0. The van der Waals surface area contributed by atoms with E-state index in [1.807, 2.05) is 0 Å². The van der Waals surface area contributed by atoms with Crippen LogP contribution in [0.25, 0.3) is 11.2 Å². The van der Waals surface area contributed by atoms with Gasteiger partial charge >= 0.3 is 29.4 Å². The van der Waals surface area contributed by atoms with E-state index in [4.69, 9.17) is 19.5 Å². The molecule has 3 unspecified atom stereocenters. The highest BCUT2D eigenvalue weighted by Crippen LogP contribution is 2.61. The molecule has 1 fully saturated rings. The zero-order valence-electron chi connectivity index (χ0n) is 27.5. The number of carbonyl (C=O) groups excluding carboxylic acids is 3. The predicted molar refractivity (Wildman–Crippen MR) is 174 cm³/mol. The normalized spacial score (nSPS) is 22.3. The van der Waals surface area contributed by atoms with E-state index in [0.29, 0.717) is 0 Å². The Kier molecular flexibility index (Phi) is 15.3. The van der Waals surface area contributed by atoms with Gasteiger partial charge < -0.3 is 55.1 Å². The molecule has 2 amide bonds. The Hall–Kier alpha value is -2.64. The molecular formula is C23H38N7O18P3S. The number of phosphoric acid groups is 3. The Morgan fingerprint density at radius 1 is 1.08 bits per heavy atom. The maximum Gasteiger partial charge on any atom is 0.481 e. The molecule has 52 heavy (non-hydrogen) atoms. The van der Waals surface area contributed by atoms with Crippen molar-refractivity contribution in [2.24, 2.45) is 5.41 Å². The van der Waals surface area contributed by atoms with Gasteiger partial charge in [-0.05, 0) is 0 Å². The Morgan fingerprint density at radius 3 is 2.40 bits per heavy atom. The van der Waals surface area contributed by atoms with Gasteiger partial charge in [0.05, 0.1) is 31.6 Å². The average molecular weight is 826 g/mol. The van der Waals surface area contributed by atoms with E-state index in [1.165, 1.54) is 20.8 Å². The monoisotopic (exact) mass is 825 g/mol. The fraction of sp³-hybridized carbons (Fsp3) is 0.652. The number of phosphoric ester groups is 3. The maximum absolute atomic E-state index is 12.6. The molecule has 1 aliphatic heterocycles. The third kappa shape index (κ3) is 13.0. The van der Waals surface area contributed by atoms with Gasteiger partial charge in [0.15, 0.2) is 17.7 Å². The molecule has 2 aromatic rings. The van der Waals surface area contributed by atoms with Crippen molar-refractivity contribution in [3.8, 4) is 0 Å².